The van der Waals surface area contributed by atoms with Crippen LogP contribution < -0.4 is 5.73 Å². The summed E-state index contributed by atoms with van der Waals surface area (Å²) in [6, 6.07) is 2.57. The van der Waals surface area contributed by atoms with Gasteiger partial charge in [0.2, 0.25) is 10.0 Å². The van der Waals surface area contributed by atoms with Crippen LogP contribution in [0.1, 0.15) is 38.7 Å². The minimum atomic E-state index is -3.60. The van der Waals surface area contributed by atoms with E-state index in [1.54, 1.807) is 0 Å². The number of piperidine rings is 1. The van der Waals surface area contributed by atoms with Crippen molar-refractivity contribution in [2.75, 3.05) is 18.8 Å². The molecule has 0 amide bonds. The second-order valence-corrected chi connectivity index (χ2v) is 8.15. The molecule has 2 N–H and O–H groups in total. The lowest BCUT2D eigenvalue weighted by Crippen LogP contribution is -2.41. The molecule has 1 aliphatic rings. The highest BCUT2D eigenvalue weighted by molar-refractivity contribution is 7.89. The highest BCUT2D eigenvalue weighted by Crippen LogP contribution is 2.36. The zero-order valence-electron chi connectivity index (χ0n) is 12.8. The van der Waals surface area contributed by atoms with Gasteiger partial charge in [0.1, 0.15) is 5.82 Å². The van der Waals surface area contributed by atoms with Crippen molar-refractivity contribution in [3.63, 3.8) is 0 Å². The van der Waals surface area contributed by atoms with Crippen molar-refractivity contribution in [3.8, 4) is 0 Å². The van der Waals surface area contributed by atoms with E-state index < -0.39 is 15.8 Å². The Morgan fingerprint density at radius 3 is 2.38 bits per heavy atom. The van der Waals surface area contributed by atoms with Gasteiger partial charge >= 0.3 is 0 Å². The average molecular weight is 314 g/mol. The molecule has 0 unspecified atom stereocenters. The Kier molecular flexibility index (Phi) is 4.31. The van der Waals surface area contributed by atoms with E-state index >= 15 is 0 Å². The van der Waals surface area contributed by atoms with Crippen molar-refractivity contribution >= 4 is 15.7 Å². The van der Waals surface area contributed by atoms with Crippen LogP contribution in [0.15, 0.2) is 17.0 Å². The monoisotopic (exact) mass is 314 g/mol. The van der Waals surface area contributed by atoms with Crippen molar-refractivity contribution in [1.29, 1.82) is 0 Å². The summed E-state index contributed by atoms with van der Waals surface area (Å²) in [7, 11) is -3.60. The van der Waals surface area contributed by atoms with Crippen molar-refractivity contribution < 1.29 is 12.8 Å². The average Bonchev–Trinajstić information content (AvgIpc) is 2.44. The summed E-state index contributed by atoms with van der Waals surface area (Å²) in [5, 5.41) is 0. The molecule has 4 nitrogen and oxygen atoms in total. The second kappa shape index (κ2) is 5.57. The molecule has 1 aromatic rings. The Hall–Kier alpha value is -1.14. The van der Waals surface area contributed by atoms with Crippen LogP contribution >= 0.6 is 0 Å². The number of nitrogen functional groups attached to an aromatic ring is 1. The van der Waals surface area contributed by atoms with Crippen LogP contribution in [0.2, 0.25) is 0 Å². The van der Waals surface area contributed by atoms with Gasteiger partial charge in [0.05, 0.1) is 10.6 Å². The summed E-state index contributed by atoms with van der Waals surface area (Å²) in [5.41, 5.74) is 5.90. The fourth-order valence-corrected chi connectivity index (χ4v) is 4.24. The van der Waals surface area contributed by atoms with Crippen molar-refractivity contribution in [3.05, 3.63) is 23.5 Å². The summed E-state index contributed by atoms with van der Waals surface area (Å²) in [6.45, 7) is 6.85. The number of aryl methyl sites for hydroxylation is 1. The number of nitrogens with two attached hydrogens (primary N) is 1. The van der Waals surface area contributed by atoms with Crippen LogP contribution in [0.25, 0.3) is 0 Å². The zero-order chi connectivity index (χ0) is 15.8. The lowest BCUT2D eigenvalue weighted by atomic mass is 9.79. The summed E-state index contributed by atoms with van der Waals surface area (Å²) >= 11 is 0. The quantitative estimate of drug-likeness (QED) is 0.873. The van der Waals surface area contributed by atoms with Crippen LogP contribution in [0.4, 0.5) is 10.1 Å². The van der Waals surface area contributed by atoms with E-state index in [0.717, 1.165) is 19.3 Å². The molecule has 6 heteroatoms. The Labute approximate surface area is 126 Å². The molecular formula is C15H23FN2O2S. The molecule has 118 valence electrons. The third kappa shape index (κ3) is 3.06. The summed E-state index contributed by atoms with van der Waals surface area (Å²) < 4.78 is 40.3. The zero-order valence-corrected chi connectivity index (χ0v) is 13.6. The molecule has 1 aromatic carbocycles. The molecule has 1 heterocycles. The van der Waals surface area contributed by atoms with E-state index in [4.69, 9.17) is 5.73 Å². The minimum Gasteiger partial charge on any atom is -0.396 e. The van der Waals surface area contributed by atoms with Gasteiger partial charge in [-0.1, -0.05) is 20.3 Å². The van der Waals surface area contributed by atoms with E-state index in [-0.39, 0.29) is 21.6 Å². The number of rotatable bonds is 3. The molecule has 0 aliphatic carbocycles. The number of benzene rings is 1. The van der Waals surface area contributed by atoms with Crippen LogP contribution in [0.5, 0.6) is 0 Å². The number of halogens is 1. The molecule has 0 spiro atoms. The first-order chi connectivity index (χ1) is 9.69. The Morgan fingerprint density at radius 2 is 1.90 bits per heavy atom. The van der Waals surface area contributed by atoms with E-state index in [1.165, 1.54) is 23.4 Å². The molecule has 21 heavy (non-hydrogen) atoms. The highest BCUT2D eigenvalue weighted by Gasteiger charge is 2.34. The Bertz CT molecular complexity index is 612. The smallest absolute Gasteiger partial charge is 0.243 e. The van der Waals surface area contributed by atoms with Gasteiger partial charge < -0.3 is 5.73 Å². The predicted octanol–water partition coefficient (Wildman–Crippen LogP) is 2.92. The SMILES string of the molecule is CCC1(C)CCN(S(=O)(=O)c2cc(C)c(F)c(N)c2)CC1. The third-order valence-electron chi connectivity index (χ3n) is 4.68. The van der Waals surface area contributed by atoms with Crippen molar-refractivity contribution in [1.82, 2.24) is 4.31 Å². The summed E-state index contributed by atoms with van der Waals surface area (Å²) in [6.07, 6.45) is 2.74. The number of hydrogen-bond donors (Lipinski definition) is 1. The first-order valence-electron chi connectivity index (χ1n) is 7.25. The predicted molar refractivity (Wildman–Crippen MR) is 81.9 cm³/mol. The van der Waals surface area contributed by atoms with Crippen molar-refractivity contribution in [2.45, 2.75) is 44.9 Å². The normalized spacial score (nSPS) is 19.6. The molecular weight excluding hydrogens is 291 g/mol. The second-order valence-electron chi connectivity index (χ2n) is 6.21. The Morgan fingerprint density at radius 1 is 1.33 bits per heavy atom. The van der Waals surface area contributed by atoms with E-state index in [9.17, 15) is 12.8 Å². The largest absolute Gasteiger partial charge is 0.396 e. The molecule has 0 atom stereocenters. The van der Waals surface area contributed by atoms with Gasteiger partial charge in [0.15, 0.2) is 0 Å². The molecule has 1 saturated heterocycles. The number of nitrogens with zero attached hydrogens (tertiary/aromatic N) is 1. The van der Waals surface area contributed by atoms with Gasteiger partial charge in [-0.05, 0) is 42.9 Å². The summed E-state index contributed by atoms with van der Waals surface area (Å²) in [5.74, 6) is -0.550. The number of anilines is 1. The molecule has 0 saturated carbocycles. The molecule has 1 aliphatic heterocycles. The summed E-state index contributed by atoms with van der Waals surface area (Å²) in [4.78, 5) is 0.0824. The van der Waals surface area contributed by atoms with Gasteiger partial charge in [0, 0.05) is 13.1 Å². The maximum absolute atomic E-state index is 13.6. The molecule has 0 bridgehead atoms. The highest BCUT2D eigenvalue weighted by atomic mass is 32.2. The number of sulfonamides is 1. The maximum Gasteiger partial charge on any atom is 0.243 e. The lowest BCUT2D eigenvalue weighted by molar-refractivity contribution is 0.169. The van der Waals surface area contributed by atoms with Crippen LogP contribution in [-0.4, -0.2) is 25.8 Å². The number of hydrogen-bond acceptors (Lipinski definition) is 3. The molecule has 2 rings (SSSR count). The van der Waals surface area contributed by atoms with Gasteiger partial charge in [-0.25, -0.2) is 12.8 Å². The van der Waals surface area contributed by atoms with E-state index in [1.807, 2.05) is 0 Å². The first-order valence-corrected chi connectivity index (χ1v) is 8.69. The van der Waals surface area contributed by atoms with Crippen LogP contribution in [0, 0.1) is 18.2 Å². The van der Waals surface area contributed by atoms with Gasteiger partial charge in [-0.2, -0.15) is 4.31 Å². The molecule has 0 aromatic heterocycles. The van der Waals surface area contributed by atoms with E-state index in [2.05, 4.69) is 13.8 Å². The Balaban J connectivity index is 2.28. The third-order valence-corrected chi connectivity index (χ3v) is 6.55. The van der Waals surface area contributed by atoms with Crippen molar-refractivity contribution in [2.24, 2.45) is 5.41 Å². The van der Waals surface area contributed by atoms with Crippen LogP contribution in [0.3, 0.4) is 0 Å². The first kappa shape index (κ1) is 16.2. The fourth-order valence-electron chi connectivity index (χ4n) is 2.68. The standard InChI is InChI=1S/C15H23FN2O2S/c1-4-15(3)5-7-18(8-6-15)21(19,20)12-9-11(2)14(16)13(17)10-12/h9-10H,4-8,17H2,1-3H3. The van der Waals surface area contributed by atoms with Gasteiger partial charge in [-0.3, -0.25) is 0 Å². The van der Waals surface area contributed by atoms with Gasteiger partial charge in [-0.15, -0.1) is 0 Å². The topological polar surface area (TPSA) is 63.4 Å². The lowest BCUT2D eigenvalue weighted by Gasteiger charge is -2.38. The molecule has 0 radical (unpaired) electrons. The minimum absolute atomic E-state index is 0.0824. The van der Waals surface area contributed by atoms with Gasteiger partial charge in [0.25, 0.3) is 0 Å². The fraction of sp³-hybridized carbons (Fsp3) is 0.600. The van der Waals surface area contributed by atoms with Crippen LogP contribution in [-0.2, 0) is 10.0 Å². The molecule has 1 fully saturated rings. The van der Waals surface area contributed by atoms with E-state index in [0.29, 0.717) is 13.1 Å². The maximum atomic E-state index is 13.6.